The SMILES string of the molecule is CN(C)CC1CCCN1S(=O)(=O)c1cc(N)ccc1Br. The van der Waals surface area contributed by atoms with Gasteiger partial charge in [0.15, 0.2) is 0 Å². The van der Waals surface area contributed by atoms with Gasteiger partial charge in [-0.1, -0.05) is 0 Å². The Balaban J connectivity index is 2.36. The van der Waals surface area contributed by atoms with Crippen LogP contribution in [0.5, 0.6) is 0 Å². The quantitative estimate of drug-likeness (QED) is 0.829. The van der Waals surface area contributed by atoms with Gasteiger partial charge in [0.25, 0.3) is 0 Å². The van der Waals surface area contributed by atoms with Crippen molar-refractivity contribution < 1.29 is 8.42 Å². The summed E-state index contributed by atoms with van der Waals surface area (Å²) in [5, 5.41) is 0. The van der Waals surface area contributed by atoms with Crippen LogP contribution in [0.4, 0.5) is 5.69 Å². The molecule has 1 fully saturated rings. The zero-order valence-electron chi connectivity index (χ0n) is 11.7. The average Bonchev–Trinajstić information content (AvgIpc) is 2.80. The second-order valence-corrected chi connectivity index (χ2v) is 8.08. The third-order valence-corrected chi connectivity index (χ3v) is 6.39. The molecule has 0 aliphatic carbocycles. The number of hydrogen-bond acceptors (Lipinski definition) is 4. The van der Waals surface area contributed by atoms with Gasteiger partial charge in [0.1, 0.15) is 0 Å². The minimum atomic E-state index is -3.51. The first kappa shape index (κ1) is 15.8. The molecule has 0 saturated carbocycles. The van der Waals surface area contributed by atoms with E-state index in [1.54, 1.807) is 16.4 Å². The van der Waals surface area contributed by atoms with E-state index in [0.29, 0.717) is 16.7 Å². The predicted octanol–water partition coefficient (Wildman–Crippen LogP) is 1.75. The molecule has 1 atom stereocenters. The van der Waals surface area contributed by atoms with Crippen LogP contribution in [0.3, 0.4) is 0 Å². The molecule has 1 unspecified atom stereocenters. The Bertz CT molecular complexity index is 589. The molecule has 1 aliphatic rings. The molecule has 5 nitrogen and oxygen atoms in total. The Morgan fingerprint density at radius 2 is 2.15 bits per heavy atom. The molecule has 0 spiro atoms. The first-order valence-electron chi connectivity index (χ1n) is 6.54. The fourth-order valence-corrected chi connectivity index (χ4v) is 5.22. The summed E-state index contributed by atoms with van der Waals surface area (Å²) in [6, 6.07) is 4.91. The molecule has 1 aromatic rings. The van der Waals surface area contributed by atoms with E-state index in [1.807, 2.05) is 19.0 Å². The van der Waals surface area contributed by atoms with E-state index in [4.69, 9.17) is 5.73 Å². The molecular weight excluding hydrogens is 342 g/mol. The molecule has 1 aliphatic heterocycles. The highest BCUT2D eigenvalue weighted by Gasteiger charge is 2.36. The van der Waals surface area contributed by atoms with Crippen molar-refractivity contribution in [3.8, 4) is 0 Å². The minimum Gasteiger partial charge on any atom is -0.399 e. The predicted molar refractivity (Wildman–Crippen MR) is 84.0 cm³/mol. The van der Waals surface area contributed by atoms with E-state index in [-0.39, 0.29) is 10.9 Å². The highest BCUT2D eigenvalue weighted by atomic mass is 79.9. The largest absolute Gasteiger partial charge is 0.399 e. The van der Waals surface area contributed by atoms with Gasteiger partial charge >= 0.3 is 0 Å². The van der Waals surface area contributed by atoms with Crippen molar-refractivity contribution in [1.82, 2.24) is 9.21 Å². The third kappa shape index (κ3) is 3.16. The summed E-state index contributed by atoms with van der Waals surface area (Å²) in [5.74, 6) is 0. The van der Waals surface area contributed by atoms with E-state index in [2.05, 4.69) is 15.9 Å². The van der Waals surface area contributed by atoms with Gasteiger partial charge in [-0.3, -0.25) is 0 Å². The first-order valence-corrected chi connectivity index (χ1v) is 8.77. The van der Waals surface area contributed by atoms with E-state index in [1.165, 1.54) is 6.07 Å². The molecule has 1 saturated heterocycles. The second kappa shape index (κ2) is 6.01. The van der Waals surface area contributed by atoms with Crippen molar-refractivity contribution in [3.63, 3.8) is 0 Å². The summed E-state index contributed by atoms with van der Waals surface area (Å²) in [5.41, 5.74) is 6.18. The molecular formula is C13H20BrN3O2S. The molecule has 20 heavy (non-hydrogen) atoms. The standard InChI is InChI=1S/C13H20BrN3O2S/c1-16(2)9-11-4-3-7-17(11)20(18,19)13-8-10(15)5-6-12(13)14/h5-6,8,11H,3-4,7,9,15H2,1-2H3. The molecule has 0 bridgehead atoms. The molecule has 112 valence electrons. The Labute approximate surface area is 128 Å². The van der Waals surface area contributed by atoms with Crippen molar-refractivity contribution in [2.45, 2.75) is 23.8 Å². The smallest absolute Gasteiger partial charge is 0.244 e. The summed E-state index contributed by atoms with van der Waals surface area (Å²) in [4.78, 5) is 2.27. The van der Waals surface area contributed by atoms with Crippen LogP contribution in [-0.4, -0.2) is 50.8 Å². The van der Waals surface area contributed by atoms with Gasteiger partial charge in [-0.05, 0) is 61.1 Å². The number of hydrogen-bond donors (Lipinski definition) is 1. The Hall–Kier alpha value is -0.630. The van der Waals surface area contributed by atoms with E-state index in [0.717, 1.165) is 19.4 Å². The average molecular weight is 362 g/mol. The van der Waals surface area contributed by atoms with Crippen molar-refractivity contribution >= 4 is 31.6 Å². The summed E-state index contributed by atoms with van der Waals surface area (Å²) >= 11 is 3.31. The van der Waals surface area contributed by atoms with Gasteiger partial charge in [0, 0.05) is 29.3 Å². The maximum Gasteiger partial charge on any atom is 0.244 e. The molecule has 0 aromatic heterocycles. The van der Waals surface area contributed by atoms with Crippen LogP contribution in [0.25, 0.3) is 0 Å². The first-order chi connectivity index (χ1) is 9.32. The summed E-state index contributed by atoms with van der Waals surface area (Å²) in [6.45, 7) is 1.31. The topological polar surface area (TPSA) is 66.6 Å². The minimum absolute atomic E-state index is 0.0309. The highest BCUT2D eigenvalue weighted by Crippen LogP contribution is 2.31. The monoisotopic (exact) mass is 361 g/mol. The van der Waals surface area contributed by atoms with Gasteiger partial charge < -0.3 is 10.6 Å². The van der Waals surface area contributed by atoms with Crippen molar-refractivity contribution in [2.24, 2.45) is 0 Å². The molecule has 1 heterocycles. The van der Waals surface area contributed by atoms with Crippen molar-refractivity contribution in [3.05, 3.63) is 22.7 Å². The van der Waals surface area contributed by atoms with Gasteiger partial charge in [0.05, 0.1) is 4.90 Å². The van der Waals surface area contributed by atoms with Crippen LogP contribution in [0.2, 0.25) is 0 Å². The number of nitrogens with two attached hydrogens (primary N) is 1. The fraction of sp³-hybridized carbons (Fsp3) is 0.538. The van der Waals surface area contributed by atoms with E-state index in [9.17, 15) is 8.42 Å². The van der Waals surface area contributed by atoms with Gasteiger partial charge in [-0.25, -0.2) is 8.42 Å². The molecule has 7 heteroatoms. The van der Waals surface area contributed by atoms with Gasteiger partial charge in [0.2, 0.25) is 10.0 Å². The maximum atomic E-state index is 12.8. The lowest BCUT2D eigenvalue weighted by Gasteiger charge is -2.26. The molecule has 2 N–H and O–H groups in total. The molecule has 2 rings (SSSR count). The Morgan fingerprint density at radius 1 is 1.45 bits per heavy atom. The number of halogens is 1. The molecule has 0 amide bonds. The van der Waals surface area contributed by atoms with Crippen LogP contribution < -0.4 is 5.73 Å². The highest BCUT2D eigenvalue weighted by molar-refractivity contribution is 9.10. The lowest BCUT2D eigenvalue weighted by atomic mass is 10.2. The number of anilines is 1. The lowest BCUT2D eigenvalue weighted by molar-refractivity contribution is 0.291. The van der Waals surface area contributed by atoms with Crippen LogP contribution >= 0.6 is 15.9 Å². The number of nitrogens with zero attached hydrogens (tertiary/aromatic N) is 2. The number of nitrogen functional groups attached to an aromatic ring is 1. The Kier molecular flexibility index (Phi) is 4.73. The number of rotatable bonds is 4. The van der Waals surface area contributed by atoms with Crippen LogP contribution in [0, 0.1) is 0 Å². The molecule has 1 aromatic carbocycles. The number of sulfonamides is 1. The van der Waals surface area contributed by atoms with Crippen LogP contribution in [-0.2, 0) is 10.0 Å². The van der Waals surface area contributed by atoms with E-state index >= 15 is 0 Å². The summed E-state index contributed by atoms with van der Waals surface area (Å²) in [6.07, 6.45) is 1.80. The van der Waals surface area contributed by atoms with Crippen LogP contribution in [0.15, 0.2) is 27.6 Å². The lowest BCUT2D eigenvalue weighted by Crippen LogP contribution is -2.41. The van der Waals surface area contributed by atoms with Crippen LogP contribution in [0.1, 0.15) is 12.8 Å². The number of benzene rings is 1. The summed E-state index contributed by atoms with van der Waals surface area (Å²) < 4.78 is 27.8. The van der Waals surface area contributed by atoms with Crippen molar-refractivity contribution in [1.29, 1.82) is 0 Å². The van der Waals surface area contributed by atoms with E-state index < -0.39 is 10.0 Å². The zero-order valence-corrected chi connectivity index (χ0v) is 14.1. The Morgan fingerprint density at radius 3 is 2.80 bits per heavy atom. The zero-order chi connectivity index (χ0) is 14.9. The fourth-order valence-electron chi connectivity index (χ4n) is 2.57. The summed E-state index contributed by atoms with van der Waals surface area (Å²) in [7, 11) is 0.409. The van der Waals surface area contributed by atoms with Gasteiger partial charge in [-0.2, -0.15) is 4.31 Å². The molecule has 0 radical (unpaired) electrons. The normalized spacial score (nSPS) is 20.7. The number of likely N-dealkylation sites (N-methyl/N-ethyl adjacent to an activating group) is 1. The third-order valence-electron chi connectivity index (χ3n) is 3.44. The second-order valence-electron chi connectivity index (χ2n) is 5.36. The van der Waals surface area contributed by atoms with Gasteiger partial charge in [-0.15, -0.1) is 0 Å². The van der Waals surface area contributed by atoms with Crippen molar-refractivity contribution in [2.75, 3.05) is 32.9 Å². The maximum absolute atomic E-state index is 12.8.